The van der Waals surface area contributed by atoms with Crippen LogP contribution in [0.25, 0.3) is 6.08 Å². The summed E-state index contributed by atoms with van der Waals surface area (Å²) in [5, 5.41) is 0.558. The molecule has 2 aliphatic heterocycles. The van der Waals surface area contributed by atoms with Crippen LogP contribution in [0.5, 0.6) is 0 Å². The van der Waals surface area contributed by atoms with Gasteiger partial charge in [-0.2, -0.15) is 0 Å². The zero-order valence-corrected chi connectivity index (χ0v) is 17.6. The molecule has 0 spiro atoms. The number of benzene rings is 1. The predicted molar refractivity (Wildman–Crippen MR) is 111 cm³/mol. The molecule has 1 aromatic carbocycles. The third kappa shape index (κ3) is 4.71. The van der Waals surface area contributed by atoms with Gasteiger partial charge in [-0.25, -0.2) is 8.42 Å². The van der Waals surface area contributed by atoms with E-state index in [2.05, 4.69) is 0 Å². The van der Waals surface area contributed by atoms with E-state index in [0.717, 1.165) is 17.3 Å². The molecule has 6 nitrogen and oxygen atoms in total. The summed E-state index contributed by atoms with van der Waals surface area (Å²) in [5.41, 5.74) is 0.766. The second kappa shape index (κ2) is 7.90. The lowest BCUT2D eigenvalue weighted by atomic mass is 10.2. The minimum atomic E-state index is -3.09. The summed E-state index contributed by atoms with van der Waals surface area (Å²) < 4.78 is 23.5. The number of nitrogens with zero attached hydrogens (tertiary/aromatic N) is 2. The van der Waals surface area contributed by atoms with Gasteiger partial charge in [-0.05, 0) is 30.2 Å². The molecule has 0 bridgehead atoms. The Morgan fingerprint density at radius 3 is 2.85 bits per heavy atom. The van der Waals surface area contributed by atoms with Crippen molar-refractivity contribution in [2.75, 3.05) is 25.1 Å². The molecule has 0 saturated carbocycles. The topological polar surface area (TPSA) is 74.8 Å². The first-order valence-corrected chi connectivity index (χ1v) is 11.6. The van der Waals surface area contributed by atoms with Crippen molar-refractivity contribution in [1.82, 2.24) is 9.80 Å². The Bertz CT molecular complexity index is 945. The van der Waals surface area contributed by atoms with Crippen LogP contribution in [-0.4, -0.2) is 65.5 Å². The van der Waals surface area contributed by atoms with Crippen molar-refractivity contribution >= 4 is 67.6 Å². The number of thiocarbonyl (C=S) groups is 1. The zero-order chi connectivity index (χ0) is 19.8. The maximum absolute atomic E-state index is 12.6. The summed E-state index contributed by atoms with van der Waals surface area (Å²) in [6.45, 7) is -0.204. The van der Waals surface area contributed by atoms with Crippen LogP contribution in [0.1, 0.15) is 12.0 Å². The molecule has 10 heteroatoms. The van der Waals surface area contributed by atoms with E-state index in [1.807, 2.05) is 6.07 Å². The summed E-state index contributed by atoms with van der Waals surface area (Å²) in [7, 11) is -1.53. The van der Waals surface area contributed by atoms with Gasteiger partial charge in [0.15, 0.2) is 9.84 Å². The number of hydrogen-bond acceptors (Lipinski definition) is 6. The highest BCUT2D eigenvalue weighted by atomic mass is 35.5. The highest BCUT2D eigenvalue weighted by Crippen LogP contribution is 2.33. The molecule has 2 saturated heterocycles. The Morgan fingerprint density at radius 1 is 1.48 bits per heavy atom. The Hall–Kier alpha value is -1.42. The van der Waals surface area contributed by atoms with Crippen LogP contribution in [-0.2, 0) is 19.4 Å². The molecule has 0 aromatic heterocycles. The molecule has 3 rings (SSSR count). The number of carbonyl (C=O) groups excluding carboxylic acids is 2. The molecule has 2 amide bonds. The van der Waals surface area contributed by atoms with Gasteiger partial charge in [-0.1, -0.05) is 47.7 Å². The number of hydrogen-bond donors (Lipinski definition) is 0. The smallest absolute Gasteiger partial charge is 0.266 e. The molecular formula is C17H17ClN2O4S3. The lowest BCUT2D eigenvalue weighted by Gasteiger charge is -2.25. The Balaban J connectivity index is 1.69. The van der Waals surface area contributed by atoms with Gasteiger partial charge in [0, 0.05) is 18.1 Å². The van der Waals surface area contributed by atoms with Crippen molar-refractivity contribution in [3.8, 4) is 0 Å². The van der Waals surface area contributed by atoms with Crippen molar-refractivity contribution in [2.24, 2.45) is 0 Å². The van der Waals surface area contributed by atoms with E-state index in [1.165, 1.54) is 9.80 Å². The minimum Gasteiger partial charge on any atom is -0.340 e. The van der Waals surface area contributed by atoms with Gasteiger partial charge in [0.2, 0.25) is 5.91 Å². The van der Waals surface area contributed by atoms with Crippen LogP contribution >= 0.6 is 35.6 Å². The predicted octanol–water partition coefficient (Wildman–Crippen LogP) is 2.19. The van der Waals surface area contributed by atoms with Crippen molar-refractivity contribution in [3.05, 3.63) is 39.8 Å². The fraction of sp³-hybridized carbons (Fsp3) is 0.353. The molecule has 0 aliphatic carbocycles. The molecule has 1 aromatic rings. The maximum Gasteiger partial charge on any atom is 0.266 e. The van der Waals surface area contributed by atoms with E-state index in [0.29, 0.717) is 20.7 Å². The normalized spacial score (nSPS) is 23.3. The summed E-state index contributed by atoms with van der Waals surface area (Å²) in [6, 6.07) is 6.71. The fourth-order valence-corrected chi connectivity index (χ4v) is 6.14. The van der Waals surface area contributed by atoms with E-state index in [1.54, 1.807) is 31.3 Å². The van der Waals surface area contributed by atoms with Crippen LogP contribution < -0.4 is 0 Å². The Kier molecular flexibility index (Phi) is 5.95. The summed E-state index contributed by atoms with van der Waals surface area (Å²) >= 11 is 12.3. The van der Waals surface area contributed by atoms with Crippen LogP contribution in [0.15, 0.2) is 29.2 Å². The van der Waals surface area contributed by atoms with Gasteiger partial charge in [-0.3, -0.25) is 14.5 Å². The van der Waals surface area contributed by atoms with Crippen molar-refractivity contribution in [3.63, 3.8) is 0 Å². The van der Waals surface area contributed by atoms with Crippen molar-refractivity contribution < 1.29 is 18.0 Å². The highest BCUT2D eigenvalue weighted by Gasteiger charge is 2.37. The molecule has 2 fully saturated rings. The average molecular weight is 445 g/mol. The number of carbonyl (C=O) groups is 2. The second-order valence-corrected chi connectivity index (χ2v) is 10.7. The number of sulfone groups is 1. The van der Waals surface area contributed by atoms with Gasteiger partial charge >= 0.3 is 0 Å². The van der Waals surface area contributed by atoms with E-state index < -0.39 is 9.84 Å². The van der Waals surface area contributed by atoms with Gasteiger partial charge in [0.25, 0.3) is 5.91 Å². The maximum atomic E-state index is 12.6. The van der Waals surface area contributed by atoms with Gasteiger partial charge in [0.05, 0.1) is 16.4 Å². The average Bonchev–Trinajstić information content (AvgIpc) is 3.08. The van der Waals surface area contributed by atoms with E-state index in [-0.39, 0.29) is 35.9 Å². The molecule has 0 N–H and O–H groups in total. The number of thioether (sulfide) groups is 1. The standard InChI is InChI=1S/C17H17ClN2O4S3/c1-19(13-5-6-27(23,24)10-13)15(21)9-20-16(22)14(26-17(20)25)8-11-3-2-4-12(18)7-11/h2-4,7-8,13H,5-6,9-10H2,1H3/b14-8+/t13-/m1/s1. The SMILES string of the molecule is CN(C(=O)CN1C(=O)/C(=C\c2cccc(Cl)c2)SC1=S)[C@@H]1CCS(=O)(=O)C1. The molecule has 2 aliphatic rings. The highest BCUT2D eigenvalue weighted by molar-refractivity contribution is 8.26. The lowest BCUT2D eigenvalue weighted by molar-refractivity contribution is -0.135. The van der Waals surface area contributed by atoms with Gasteiger partial charge < -0.3 is 4.90 Å². The number of likely N-dealkylation sites (N-methyl/N-ethyl adjacent to an activating group) is 1. The zero-order valence-electron chi connectivity index (χ0n) is 14.4. The number of amides is 2. The Morgan fingerprint density at radius 2 is 2.22 bits per heavy atom. The molecule has 2 heterocycles. The minimum absolute atomic E-state index is 0.0394. The molecule has 144 valence electrons. The number of rotatable bonds is 4. The van der Waals surface area contributed by atoms with E-state index in [9.17, 15) is 18.0 Å². The van der Waals surface area contributed by atoms with E-state index in [4.69, 9.17) is 23.8 Å². The summed E-state index contributed by atoms with van der Waals surface area (Å²) in [4.78, 5) is 28.2. The Labute approximate surface area is 172 Å². The lowest BCUT2D eigenvalue weighted by Crippen LogP contribution is -2.45. The second-order valence-electron chi connectivity index (χ2n) is 6.38. The van der Waals surface area contributed by atoms with Gasteiger partial charge in [-0.15, -0.1) is 0 Å². The first-order valence-electron chi connectivity index (χ1n) is 8.13. The van der Waals surface area contributed by atoms with Crippen molar-refractivity contribution in [2.45, 2.75) is 12.5 Å². The van der Waals surface area contributed by atoms with E-state index >= 15 is 0 Å². The van der Waals surface area contributed by atoms with Gasteiger partial charge in [0.1, 0.15) is 10.9 Å². The molecule has 27 heavy (non-hydrogen) atoms. The van der Waals surface area contributed by atoms with Crippen LogP contribution in [0, 0.1) is 0 Å². The third-order valence-corrected chi connectivity index (χ3v) is 7.83. The van der Waals surface area contributed by atoms with Crippen molar-refractivity contribution in [1.29, 1.82) is 0 Å². The molecule has 0 radical (unpaired) electrons. The number of halogens is 1. The van der Waals surface area contributed by atoms with Crippen LogP contribution in [0.4, 0.5) is 0 Å². The largest absolute Gasteiger partial charge is 0.340 e. The van der Waals surface area contributed by atoms with Crippen LogP contribution in [0.3, 0.4) is 0 Å². The monoisotopic (exact) mass is 444 g/mol. The molecule has 1 atom stereocenters. The first kappa shape index (κ1) is 20.3. The first-order chi connectivity index (χ1) is 12.7. The quantitative estimate of drug-likeness (QED) is 0.523. The molecular weight excluding hydrogens is 428 g/mol. The third-order valence-electron chi connectivity index (χ3n) is 4.46. The van der Waals surface area contributed by atoms with Crippen LogP contribution in [0.2, 0.25) is 5.02 Å². The fourth-order valence-electron chi connectivity index (χ4n) is 2.92. The summed E-state index contributed by atoms with van der Waals surface area (Å²) in [6.07, 6.45) is 2.10. The molecule has 0 unspecified atom stereocenters. The summed E-state index contributed by atoms with van der Waals surface area (Å²) in [5.74, 6) is -0.635.